The first-order valence-corrected chi connectivity index (χ1v) is 8.37. The zero-order valence-corrected chi connectivity index (χ0v) is 15.1. The second-order valence-corrected chi connectivity index (χ2v) is 8.17. The number of amides is 2. The van der Waals surface area contributed by atoms with E-state index in [1.807, 2.05) is 39.8 Å². The number of nitrogens with zero attached hydrogens (tertiary/aromatic N) is 3. The molecule has 2 rings (SSSR count). The van der Waals surface area contributed by atoms with Crippen molar-refractivity contribution in [1.82, 2.24) is 20.2 Å². The highest BCUT2D eigenvalue weighted by Crippen LogP contribution is 2.37. The summed E-state index contributed by atoms with van der Waals surface area (Å²) in [6.45, 7) is 11.1. The molecule has 23 heavy (non-hydrogen) atoms. The van der Waals surface area contributed by atoms with Crippen molar-refractivity contribution in [3.05, 3.63) is 0 Å². The average Bonchev–Trinajstić information content (AvgIpc) is 2.37. The number of rotatable bonds is 1. The molecule has 2 saturated heterocycles. The van der Waals surface area contributed by atoms with Gasteiger partial charge in [0.25, 0.3) is 0 Å². The Morgan fingerprint density at radius 2 is 1.48 bits per heavy atom. The normalized spacial score (nSPS) is 26.1. The van der Waals surface area contributed by atoms with E-state index < -0.39 is 22.9 Å². The Morgan fingerprint density at radius 1 is 1.00 bits per heavy atom. The minimum atomic E-state index is -0.550. The number of hydrogen-bond acceptors (Lipinski definition) is 5. The van der Waals surface area contributed by atoms with Gasteiger partial charge in [-0.3, -0.25) is 15.0 Å². The number of carbonyl (C=O) groups is 2. The van der Waals surface area contributed by atoms with Crippen molar-refractivity contribution in [3.8, 4) is 0 Å². The summed E-state index contributed by atoms with van der Waals surface area (Å²) in [5, 5.41) is 1.83. The van der Waals surface area contributed by atoms with Crippen molar-refractivity contribution in [3.63, 3.8) is 0 Å². The molecule has 0 aliphatic carbocycles. The van der Waals surface area contributed by atoms with Crippen molar-refractivity contribution in [2.75, 3.05) is 33.2 Å². The van der Waals surface area contributed by atoms with Crippen LogP contribution in [0.15, 0.2) is 0 Å². The molecule has 0 bridgehead atoms. The van der Waals surface area contributed by atoms with Gasteiger partial charge in [0.2, 0.25) is 0 Å². The zero-order valence-electron chi connectivity index (χ0n) is 15.1. The van der Waals surface area contributed by atoms with Crippen molar-refractivity contribution in [2.24, 2.45) is 5.73 Å². The number of carbonyl (C=O) groups excluding carboxylic acids is 2. The van der Waals surface area contributed by atoms with E-state index in [0.29, 0.717) is 12.8 Å². The lowest BCUT2D eigenvalue weighted by molar-refractivity contribution is -0.161. The van der Waals surface area contributed by atoms with Gasteiger partial charge in [-0.25, -0.2) is 5.01 Å². The molecule has 0 atom stereocenters. The van der Waals surface area contributed by atoms with Gasteiger partial charge in [0.05, 0.1) is 0 Å². The van der Waals surface area contributed by atoms with Crippen LogP contribution in [-0.2, 0) is 9.59 Å². The highest BCUT2D eigenvalue weighted by atomic mass is 16.2. The molecule has 2 fully saturated rings. The van der Waals surface area contributed by atoms with E-state index in [-0.39, 0.29) is 6.04 Å². The Labute approximate surface area is 139 Å². The third kappa shape index (κ3) is 4.02. The largest absolute Gasteiger partial charge is 0.328 e. The number of nitrogens with one attached hydrogen (secondary N) is 1. The van der Waals surface area contributed by atoms with Crippen molar-refractivity contribution in [2.45, 2.75) is 57.7 Å². The fraction of sp³-hybridized carbons (Fsp3) is 0.875. The van der Waals surface area contributed by atoms with Crippen LogP contribution in [0.2, 0.25) is 0 Å². The fourth-order valence-corrected chi connectivity index (χ4v) is 4.12. The molecule has 0 spiro atoms. The molecule has 0 radical (unpaired) electrons. The van der Waals surface area contributed by atoms with Crippen LogP contribution < -0.4 is 11.2 Å². The summed E-state index contributed by atoms with van der Waals surface area (Å²) in [6.07, 6.45) is 1.40. The van der Waals surface area contributed by atoms with E-state index in [9.17, 15) is 9.59 Å². The third-order valence-corrected chi connectivity index (χ3v) is 4.89. The maximum absolute atomic E-state index is 12.8. The first kappa shape index (κ1) is 18.2. The number of likely N-dealkylation sites (tertiary alicyclic amines) is 1. The SMILES string of the molecule is CN1CCN(NC(=O)C(=O)N2C(C)(C)CC(N)CC2(C)C)CC1. The topological polar surface area (TPSA) is 81.9 Å². The Balaban J connectivity index is 2.06. The number of piperidine rings is 1. The number of nitrogens with two attached hydrogens (primary N) is 1. The van der Waals surface area contributed by atoms with Gasteiger partial charge in [-0.15, -0.1) is 0 Å². The predicted molar refractivity (Wildman–Crippen MR) is 89.4 cm³/mol. The highest BCUT2D eigenvalue weighted by molar-refractivity contribution is 6.35. The molecule has 0 aromatic heterocycles. The highest BCUT2D eigenvalue weighted by Gasteiger charge is 2.48. The van der Waals surface area contributed by atoms with Gasteiger partial charge in [0.1, 0.15) is 0 Å². The molecule has 3 N–H and O–H groups in total. The molecule has 2 heterocycles. The minimum Gasteiger partial charge on any atom is -0.328 e. The zero-order chi connectivity index (χ0) is 17.4. The second kappa shape index (κ2) is 6.37. The Morgan fingerprint density at radius 3 is 1.96 bits per heavy atom. The average molecular weight is 325 g/mol. The molecule has 132 valence electrons. The van der Waals surface area contributed by atoms with Crippen LogP contribution in [0.3, 0.4) is 0 Å². The molecule has 0 aromatic carbocycles. The summed E-state index contributed by atoms with van der Waals surface area (Å²) >= 11 is 0. The lowest BCUT2D eigenvalue weighted by Crippen LogP contribution is -2.68. The lowest BCUT2D eigenvalue weighted by Gasteiger charge is -2.54. The van der Waals surface area contributed by atoms with Gasteiger partial charge in [-0.2, -0.15) is 0 Å². The maximum Gasteiger partial charge on any atom is 0.323 e. The van der Waals surface area contributed by atoms with Crippen LogP contribution >= 0.6 is 0 Å². The molecule has 2 aliphatic rings. The standard InChI is InChI=1S/C16H31N5O2/c1-15(2)10-12(17)11-16(3,4)21(15)14(23)13(22)18-20-8-6-19(5)7-9-20/h12H,6-11,17H2,1-5H3,(H,18,22). The monoisotopic (exact) mass is 325 g/mol. The summed E-state index contributed by atoms with van der Waals surface area (Å²) in [7, 11) is 2.05. The smallest absolute Gasteiger partial charge is 0.323 e. The van der Waals surface area contributed by atoms with Gasteiger partial charge in [-0.05, 0) is 47.6 Å². The van der Waals surface area contributed by atoms with Crippen LogP contribution in [0.5, 0.6) is 0 Å². The van der Waals surface area contributed by atoms with Crippen LogP contribution in [0.25, 0.3) is 0 Å². The minimum absolute atomic E-state index is 0.0461. The number of hydrogen-bond donors (Lipinski definition) is 2. The van der Waals surface area contributed by atoms with Crippen molar-refractivity contribution < 1.29 is 9.59 Å². The van der Waals surface area contributed by atoms with Crippen LogP contribution in [0.1, 0.15) is 40.5 Å². The second-order valence-electron chi connectivity index (χ2n) is 8.17. The van der Waals surface area contributed by atoms with E-state index in [1.54, 1.807) is 4.90 Å². The molecule has 0 saturated carbocycles. The molecular weight excluding hydrogens is 294 g/mol. The third-order valence-electron chi connectivity index (χ3n) is 4.89. The molecule has 0 unspecified atom stereocenters. The predicted octanol–water partition coefficient (Wildman–Crippen LogP) is -0.228. The first-order chi connectivity index (χ1) is 10.5. The summed E-state index contributed by atoms with van der Waals surface area (Å²) in [5.74, 6) is -1.02. The Bertz CT molecular complexity index is 451. The molecular formula is C16H31N5O2. The fourth-order valence-electron chi connectivity index (χ4n) is 4.12. The molecule has 0 aromatic rings. The van der Waals surface area contributed by atoms with E-state index >= 15 is 0 Å². The van der Waals surface area contributed by atoms with E-state index in [1.165, 1.54) is 0 Å². The first-order valence-electron chi connectivity index (χ1n) is 8.37. The molecule has 7 nitrogen and oxygen atoms in total. The molecule has 2 amide bonds. The summed E-state index contributed by atoms with van der Waals surface area (Å²) < 4.78 is 0. The maximum atomic E-state index is 12.8. The Hall–Kier alpha value is -1.18. The van der Waals surface area contributed by atoms with E-state index in [2.05, 4.69) is 10.3 Å². The number of hydrazine groups is 1. The number of piperazine rings is 1. The van der Waals surface area contributed by atoms with Gasteiger partial charge in [0.15, 0.2) is 0 Å². The van der Waals surface area contributed by atoms with Gasteiger partial charge in [-0.1, -0.05) is 0 Å². The van der Waals surface area contributed by atoms with Crippen LogP contribution in [0.4, 0.5) is 0 Å². The van der Waals surface area contributed by atoms with E-state index in [0.717, 1.165) is 26.2 Å². The van der Waals surface area contributed by atoms with Gasteiger partial charge < -0.3 is 15.5 Å². The van der Waals surface area contributed by atoms with Crippen molar-refractivity contribution in [1.29, 1.82) is 0 Å². The van der Waals surface area contributed by atoms with Gasteiger partial charge in [0, 0.05) is 43.3 Å². The number of likely N-dealkylation sites (N-methyl/N-ethyl adjacent to an activating group) is 1. The van der Waals surface area contributed by atoms with Crippen LogP contribution in [0, 0.1) is 0 Å². The van der Waals surface area contributed by atoms with E-state index in [4.69, 9.17) is 5.73 Å². The molecule has 2 aliphatic heterocycles. The molecule has 7 heteroatoms. The summed E-state index contributed by atoms with van der Waals surface area (Å²) in [6, 6.07) is 0.0461. The van der Waals surface area contributed by atoms with Gasteiger partial charge >= 0.3 is 11.8 Å². The van der Waals surface area contributed by atoms with Crippen LogP contribution in [-0.4, -0.2) is 77.0 Å². The quantitative estimate of drug-likeness (QED) is 0.651. The summed E-state index contributed by atoms with van der Waals surface area (Å²) in [5.41, 5.74) is 8.04. The lowest BCUT2D eigenvalue weighted by atomic mass is 9.77. The Kier molecular flexibility index (Phi) is 5.03. The summed E-state index contributed by atoms with van der Waals surface area (Å²) in [4.78, 5) is 29.2. The van der Waals surface area contributed by atoms with Crippen molar-refractivity contribution >= 4 is 11.8 Å².